The van der Waals surface area contributed by atoms with Crippen LogP contribution in [0.1, 0.15) is 10.4 Å². The maximum absolute atomic E-state index is 12.9. The first-order chi connectivity index (χ1) is 5.16. The molecule has 0 aromatic heterocycles. The Morgan fingerprint density at radius 2 is 2.00 bits per heavy atom. The van der Waals surface area contributed by atoms with Gasteiger partial charge in [-0.15, -0.1) is 0 Å². The van der Waals surface area contributed by atoms with E-state index in [0.717, 1.165) is 0 Å². The molecule has 0 N–H and O–H groups in total. The van der Waals surface area contributed by atoms with Crippen LogP contribution in [0.4, 0.5) is 4.39 Å². The number of halogens is 3. The zero-order chi connectivity index (χ0) is 8.43. The summed E-state index contributed by atoms with van der Waals surface area (Å²) in [5.41, 5.74) is 0.311. The molecule has 1 rings (SSSR count). The summed E-state index contributed by atoms with van der Waals surface area (Å²) in [4.78, 5) is 10.3. The number of rotatable bonds is 1. The third kappa shape index (κ3) is 1.68. The SMILES string of the molecule is O=Cc1ccc(Br)c(F)c1Br. The second-order valence-corrected chi connectivity index (χ2v) is 3.53. The molecule has 0 aliphatic rings. The Labute approximate surface area is 79.9 Å². The smallest absolute Gasteiger partial charge is 0.152 e. The van der Waals surface area contributed by atoms with E-state index in [4.69, 9.17) is 0 Å². The Kier molecular flexibility index (Phi) is 2.78. The summed E-state index contributed by atoms with van der Waals surface area (Å²) in [5.74, 6) is -0.449. The Bertz CT molecular complexity index is 299. The van der Waals surface area contributed by atoms with Crippen LogP contribution in [-0.2, 0) is 0 Å². The van der Waals surface area contributed by atoms with Gasteiger partial charge in [0.2, 0.25) is 0 Å². The number of carbonyl (C=O) groups is 1. The summed E-state index contributed by atoms with van der Waals surface area (Å²) in [6.45, 7) is 0. The fourth-order valence-electron chi connectivity index (χ4n) is 0.632. The Balaban J connectivity index is 3.36. The molecule has 0 fully saturated rings. The van der Waals surface area contributed by atoms with E-state index >= 15 is 0 Å². The van der Waals surface area contributed by atoms with E-state index in [1.807, 2.05) is 0 Å². The van der Waals surface area contributed by atoms with E-state index in [1.54, 1.807) is 0 Å². The van der Waals surface area contributed by atoms with Gasteiger partial charge in [-0.2, -0.15) is 0 Å². The molecule has 4 heteroatoms. The molecule has 0 unspecified atom stereocenters. The number of carbonyl (C=O) groups excluding carboxylic acids is 1. The maximum Gasteiger partial charge on any atom is 0.152 e. The van der Waals surface area contributed by atoms with Crippen molar-refractivity contribution in [3.8, 4) is 0 Å². The molecule has 1 aromatic carbocycles. The molecule has 58 valence electrons. The highest BCUT2D eigenvalue weighted by Gasteiger charge is 2.07. The third-order valence-electron chi connectivity index (χ3n) is 1.19. The summed E-state index contributed by atoms with van der Waals surface area (Å²) < 4.78 is 13.5. The van der Waals surface area contributed by atoms with E-state index in [9.17, 15) is 9.18 Å². The molecule has 1 aromatic rings. The van der Waals surface area contributed by atoms with Crippen LogP contribution in [-0.4, -0.2) is 6.29 Å². The summed E-state index contributed by atoms with van der Waals surface area (Å²) in [6, 6.07) is 3.02. The van der Waals surface area contributed by atoms with Gasteiger partial charge in [-0.3, -0.25) is 4.79 Å². The molecule has 0 saturated carbocycles. The highest BCUT2D eigenvalue weighted by Crippen LogP contribution is 2.25. The molecule has 0 aliphatic heterocycles. The van der Waals surface area contributed by atoms with Gasteiger partial charge in [0.1, 0.15) is 0 Å². The molecule has 0 spiro atoms. The largest absolute Gasteiger partial charge is 0.298 e. The lowest BCUT2D eigenvalue weighted by atomic mass is 10.2. The van der Waals surface area contributed by atoms with E-state index in [-0.39, 0.29) is 4.47 Å². The summed E-state index contributed by atoms with van der Waals surface area (Å²) >= 11 is 5.94. The van der Waals surface area contributed by atoms with Crippen molar-refractivity contribution in [2.45, 2.75) is 0 Å². The van der Waals surface area contributed by atoms with Crippen LogP contribution in [0.25, 0.3) is 0 Å². The highest BCUT2D eigenvalue weighted by atomic mass is 79.9. The van der Waals surface area contributed by atoms with Crippen molar-refractivity contribution >= 4 is 38.1 Å². The van der Waals surface area contributed by atoms with Crippen molar-refractivity contribution in [1.82, 2.24) is 0 Å². The van der Waals surface area contributed by atoms with Crippen LogP contribution in [0.2, 0.25) is 0 Å². The van der Waals surface area contributed by atoms with Crippen molar-refractivity contribution in [3.63, 3.8) is 0 Å². The van der Waals surface area contributed by atoms with Crippen LogP contribution in [0, 0.1) is 5.82 Å². The molecular weight excluding hydrogens is 279 g/mol. The van der Waals surface area contributed by atoms with Crippen molar-refractivity contribution in [1.29, 1.82) is 0 Å². The predicted octanol–water partition coefficient (Wildman–Crippen LogP) is 3.16. The second-order valence-electron chi connectivity index (χ2n) is 1.88. The first kappa shape index (κ1) is 8.87. The van der Waals surface area contributed by atoms with Crippen LogP contribution in [0.3, 0.4) is 0 Å². The minimum absolute atomic E-state index is 0.196. The fraction of sp³-hybridized carbons (Fsp3) is 0. The Morgan fingerprint density at radius 3 is 2.55 bits per heavy atom. The molecule has 0 saturated heterocycles. The third-order valence-corrected chi connectivity index (χ3v) is 2.61. The topological polar surface area (TPSA) is 17.1 Å². The van der Waals surface area contributed by atoms with Crippen LogP contribution < -0.4 is 0 Å². The number of hydrogen-bond donors (Lipinski definition) is 0. The van der Waals surface area contributed by atoms with Gasteiger partial charge in [-0.1, -0.05) is 0 Å². The van der Waals surface area contributed by atoms with Gasteiger partial charge >= 0.3 is 0 Å². The zero-order valence-corrected chi connectivity index (χ0v) is 8.45. The lowest BCUT2D eigenvalue weighted by Gasteiger charge is -1.98. The van der Waals surface area contributed by atoms with Gasteiger partial charge in [0, 0.05) is 5.56 Å². The van der Waals surface area contributed by atoms with Gasteiger partial charge in [0.15, 0.2) is 12.1 Å². The molecule has 0 bridgehead atoms. The monoisotopic (exact) mass is 280 g/mol. The Morgan fingerprint density at radius 1 is 1.36 bits per heavy atom. The number of hydrogen-bond acceptors (Lipinski definition) is 1. The van der Waals surface area contributed by atoms with Gasteiger partial charge in [-0.25, -0.2) is 4.39 Å². The van der Waals surface area contributed by atoms with E-state index < -0.39 is 5.82 Å². The minimum atomic E-state index is -0.449. The van der Waals surface area contributed by atoms with Crippen LogP contribution in [0.15, 0.2) is 21.1 Å². The van der Waals surface area contributed by atoms with Crippen LogP contribution >= 0.6 is 31.9 Å². The summed E-state index contributed by atoms with van der Waals surface area (Å²) in [7, 11) is 0. The zero-order valence-electron chi connectivity index (χ0n) is 5.27. The van der Waals surface area contributed by atoms with Gasteiger partial charge in [0.05, 0.1) is 8.95 Å². The molecular formula is C7H3Br2FO. The minimum Gasteiger partial charge on any atom is -0.298 e. The van der Waals surface area contributed by atoms with E-state index in [2.05, 4.69) is 31.9 Å². The van der Waals surface area contributed by atoms with Crippen molar-refractivity contribution < 1.29 is 9.18 Å². The summed E-state index contributed by atoms with van der Waals surface area (Å²) in [6.07, 6.45) is 0.597. The molecule has 0 heterocycles. The van der Waals surface area contributed by atoms with E-state index in [0.29, 0.717) is 16.3 Å². The van der Waals surface area contributed by atoms with Gasteiger partial charge in [-0.05, 0) is 44.0 Å². The number of benzene rings is 1. The molecule has 0 aliphatic carbocycles. The highest BCUT2D eigenvalue weighted by molar-refractivity contribution is 9.11. The van der Waals surface area contributed by atoms with Gasteiger partial charge < -0.3 is 0 Å². The second kappa shape index (κ2) is 3.45. The average molecular weight is 282 g/mol. The van der Waals surface area contributed by atoms with Crippen molar-refractivity contribution in [2.24, 2.45) is 0 Å². The van der Waals surface area contributed by atoms with Crippen LogP contribution in [0.5, 0.6) is 0 Å². The standard InChI is InChI=1S/C7H3Br2FO/c8-5-2-1-4(3-11)6(9)7(5)10/h1-3H. The Hall–Kier alpha value is -0.220. The first-order valence-electron chi connectivity index (χ1n) is 2.75. The summed E-state index contributed by atoms with van der Waals surface area (Å²) in [5, 5.41) is 0. The normalized spacial score (nSPS) is 9.73. The molecule has 11 heavy (non-hydrogen) atoms. The lowest BCUT2D eigenvalue weighted by molar-refractivity contribution is 0.112. The predicted molar refractivity (Wildman–Crippen MR) is 47.2 cm³/mol. The maximum atomic E-state index is 12.9. The van der Waals surface area contributed by atoms with E-state index in [1.165, 1.54) is 12.1 Å². The molecule has 1 nitrogen and oxygen atoms in total. The molecule has 0 atom stereocenters. The quantitative estimate of drug-likeness (QED) is 0.571. The van der Waals surface area contributed by atoms with Gasteiger partial charge in [0.25, 0.3) is 0 Å². The average Bonchev–Trinajstić information content (AvgIpc) is 2.01. The molecule has 0 amide bonds. The van der Waals surface area contributed by atoms with Crippen molar-refractivity contribution in [3.05, 3.63) is 32.5 Å². The molecule has 0 radical (unpaired) electrons. The fourth-order valence-corrected chi connectivity index (χ4v) is 1.67. The number of aldehydes is 1. The lowest BCUT2D eigenvalue weighted by Crippen LogP contribution is -1.87. The first-order valence-corrected chi connectivity index (χ1v) is 4.34. The van der Waals surface area contributed by atoms with Crippen molar-refractivity contribution in [2.75, 3.05) is 0 Å².